The van der Waals surface area contributed by atoms with Crippen molar-refractivity contribution in [1.29, 1.82) is 0 Å². The number of nitrogens with zero attached hydrogens (tertiary/aromatic N) is 1. The summed E-state index contributed by atoms with van der Waals surface area (Å²) in [4.78, 5) is 12.1. The van der Waals surface area contributed by atoms with Gasteiger partial charge in [0.15, 0.2) is 6.61 Å². The monoisotopic (exact) mass is 416 g/mol. The lowest BCUT2D eigenvalue weighted by Crippen LogP contribution is -2.24. The fourth-order valence-electron chi connectivity index (χ4n) is 2.26. The summed E-state index contributed by atoms with van der Waals surface area (Å²) < 4.78 is 68.8. The molecule has 10 heteroatoms. The van der Waals surface area contributed by atoms with Crippen LogP contribution < -0.4 is 10.1 Å². The van der Waals surface area contributed by atoms with E-state index in [0.29, 0.717) is 5.56 Å². The summed E-state index contributed by atoms with van der Waals surface area (Å²) in [6, 6.07) is 8.54. The van der Waals surface area contributed by atoms with E-state index in [0.717, 1.165) is 16.4 Å². The summed E-state index contributed by atoms with van der Waals surface area (Å²) in [5.41, 5.74) is -0.155. The summed E-state index contributed by atoms with van der Waals surface area (Å²) in [7, 11) is -0.912. The molecule has 0 heterocycles. The molecule has 6 nitrogen and oxygen atoms in total. The molecule has 0 fully saturated rings. The highest BCUT2D eigenvalue weighted by atomic mass is 32.2. The van der Waals surface area contributed by atoms with Gasteiger partial charge in [-0.25, -0.2) is 12.7 Å². The van der Waals surface area contributed by atoms with E-state index in [-0.39, 0.29) is 16.3 Å². The molecule has 0 radical (unpaired) electrons. The summed E-state index contributed by atoms with van der Waals surface area (Å²) in [5.74, 6) is -0.751. The molecular formula is C18H19F3N2O4S. The Labute approximate surface area is 161 Å². The number of benzene rings is 2. The number of amides is 1. The predicted molar refractivity (Wildman–Crippen MR) is 97.6 cm³/mol. The molecule has 1 N–H and O–H groups in total. The summed E-state index contributed by atoms with van der Waals surface area (Å²) in [6.07, 6.45) is -4.52. The van der Waals surface area contributed by atoms with Crippen LogP contribution >= 0.6 is 0 Å². The molecule has 0 spiro atoms. The number of halogens is 3. The van der Waals surface area contributed by atoms with Crippen molar-refractivity contribution in [2.45, 2.75) is 18.0 Å². The zero-order valence-corrected chi connectivity index (χ0v) is 16.2. The van der Waals surface area contributed by atoms with Crippen molar-refractivity contribution in [3.63, 3.8) is 0 Å². The molecule has 2 rings (SSSR count). The summed E-state index contributed by atoms with van der Waals surface area (Å²) >= 11 is 0. The number of carbonyl (C=O) groups is 1. The molecule has 0 aliphatic heterocycles. The van der Waals surface area contributed by atoms with Crippen molar-refractivity contribution >= 4 is 21.6 Å². The van der Waals surface area contributed by atoms with Crippen LogP contribution in [0.2, 0.25) is 0 Å². The van der Waals surface area contributed by atoms with Gasteiger partial charge in [-0.05, 0) is 42.8 Å². The molecule has 2 aromatic carbocycles. The number of sulfonamides is 1. The molecule has 0 aliphatic carbocycles. The van der Waals surface area contributed by atoms with Crippen molar-refractivity contribution in [1.82, 2.24) is 4.31 Å². The highest BCUT2D eigenvalue weighted by Crippen LogP contribution is 2.31. The van der Waals surface area contributed by atoms with Crippen LogP contribution in [0.4, 0.5) is 18.9 Å². The fraction of sp³-hybridized carbons (Fsp3) is 0.278. The number of nitrogens with one attached hydrogen (secondary N) is 1. The van der Waals surface area contributed by atoms with Gasteiger partial charge in [-0.2, -0.15) is 13.2 Å². The minimum absolute atomic E-state index is 0.0362. The first-order chi connectivity index (χ1) is 12.9. The molecule has 1 amide bonds. The van der Waals surface area contributed by atoms with Crippen molar-refractivity contribution in [2.24, 2.45) is 0 Å². The van der Waals surface area contributed by atoms with Crippen LogP contribution in [0.1, 0.15) is 11.1 Å². The Bertz CT molecular complexity index is 973. The Hall–Kier alpha value is -2.59. The Morgan fingerprint density at radius 1 is 1.14 bits per heavy atom. The molecule has 152 valence electrons. The van der Waals surface area contributed by atoms with Gasteiger partial charge in [0.25, 0.3) is 5.91 Å². The van der Waals surface area contributed by atoms with Crippen LogP contribution in [0, 0.1) is 6.92 Å². The summed E-state index contributed by atoms with van der Waals surface area (Å²) in [5, 5.41) is 2.47. The van der Waals surface area contributed by atoms with Crippen molar-refractivity contribution in [3.05, 3.63) is 53.6 Å². The molecule has 0 saturated heterocycles. The average molecular weight is 416 g/mol. The fourth-order valence-corrected chi connectivity index (χ4v) is 3.40. The lowest BCUT2D eigenvalue weighted by molar-refractivity contribution is -0.137. The van der Waals surface area contributed by atoms with Gasteiger partial charge in [-0.15, -0.1) is 0 Å². The number of rotatable bonds is 6. The van der Waals surface area contributed by atoms with Gasteiger partial charge in [-0.3, -0.25) is 4.79 Å². The third kappa shape index (κ3) is 5.23. The van der Waals surface area contributed by atoms with Crippen LogP contribution in [0.3, 0.4) is 0 Å². The summed E-state index contributed by atoms with van der Waals surface area (Å²) in [6.45, 7) is 1.09. The number of carbonyl (C=O) groups excluding carboxylic acids is 1. The van der Waals surface area contributed by atoms with Gasteiger partial charge in [0.2, 0.25) is 10.0 Å². The standard InChI is InChI=1S/C18H19F3N2O4S/c1-12-7-8-14(10-16(12)28(25,26)23(2)3)22-17(24)11-27-15-6-4-5-13(9-15)18(19,20)21/h4-10H,11H2,1-3H3,(H,22,24). The Balaban J connectivity index is 2.08. The zero-order valence-electron chi connectivity index (χ0n) is 15.4. The number of ether oxygens (including phenoxy) is 1. The van der Waals surface area contributed by atoms with Gasteiger partial charge in [0.05, 0.1) is 10.5 Å². The molecule has 0 unspecified atom stereocenters. The van der Waals surface area contributed by atoms with Crippen molar-refractivity contribution in [2.75, 3.05) is 26.0 Å². The Morgan fingerprint density at radius 3 is 2.43 bits per heavy atom. The van der Waals surface area contributed by atoms with Crippen molar-refractivity contribution in [3.8, 4) is 5.75 Å². The maximum Gasteiger partial charge on any atom is 0.416 e. The first-order valence-corrected chi connectivity index (χ1v) is 9.48. The van der Waals surface area contributed by atoms with Crippen LogP contribution in [-0.2, 0) is 21.0 Å². The largest absolute Gasteiger partial charge is 0.484 e. The third-order valence-electron chi connectivity index (χ3n) is 3.76. The first kappa shape index (κ1) is 21.7. The van der Waals surface area contributed by atoms with Crippen LogP contribution in [0.25, 0.3) is 0 Å². The maximum atomic E-state index is 12.7. The third-order valence-corrected chi connectivity index (χ3v) is 5.72. The van der Waals surface area contributed by atoms with Crippen LogP contribution in [-0.4, -0.2) is 39.3 Å². The number of hydrogen-bond donors (Lipinski definition) is 1. The van der Waals surface area contributed by atoms with Gasteiger partial charge in [-0.1, -0.05) is 12.1 Å². The number of alkyl halides is 3. The highest BCUT2D eigenvalue weighted by Gasteiger charge is 2.30. The Kier molecular flexibility index (Phi) is 6.35. The van der Waals surface area contributed by atoms with E-state index in [9.17, 15) is 26.4 Å². The second-order valence-electron chi connectivity index (χ2n) is 6.13. The average Bonchev–Trinajstić information content (AvgIpc) is 2.61. The van der Waals surface area contributed by atoms with E-state index in [1.807, 2.05) is 0 Å². The molecule has 0 saturated carbocycles. The molecule has 0 aliphatic rings. The van der Waals surface area contributed by atoms with Gasteiger partial charge in [0.1, 0.15) is 5.75 Å². The van der Waals surface area contributed by atoms with Gasteiger partial charge in [0, 0.05) is 19.8 Å². The van der Waals surface area contributed by atoms with E-state index in [4.69, 9.17) is 4.74 Å². The first-order valence-electron chi connectivity index (χ1n) is 8.04. The number of anilines is 1. The predicted octanol–water partition coefficient (Wildman–Crippen LogP) is 3.28. The molecule has 0 atom stereocenters. The van der Waals surface area contributed by atoms with E-state index >= 15 is 0 Å². The quantitative estimate of drug-likeness (QED) is 0.784. The lowest BCUT2D eigenvalue weighted by Gasteiger charge is -2.15. The van der Waals surface area contributed by atoms with Crippen LogP contribution in [0.15, 0.2) is 47.4 Å². The van der Waals surface area contributed by atoms with Gasteiger partial charge < -0.3 is 10.1 Å². The lowest BCUT2D eigenvalue weighted by atomic mass is 10.2. The van der Waals surface area contributed by atoms with Crippen molar-refractivity contribution < 1.29 is 31.1 Å². The SMILES string of the molecule is Cc1ccc(NC(=O)COc2cccc(C(F)(F)F)c2)cc1S(=O)(=O)N(C)C. The molecule has 0 aromatic heterocycles. The number of aryl methyl sites for hydroxylation is 1. The Morgan fingerprint density at radius 2 is 1.82 bits per heavy atom. The topological polar surface area (TPSA) is 75.7 Å². The second kappa shape index (κ2) is 8.19. The second-order valence-corrected chi connectivity index (χ2v) is 8.25. The highest BCUT2D eigenvalue weighted by molar-refractivity contribution is 7.89. The molecule has 2 aromatic rings. The van der Waals surface area contributed by atoms with E-state index in [1.165, 1.54) is 38.4 Å². The van der Waals surface area contributed by atoms with Gasteiger partial charge >= 0.3 is 6.18 Å². The molecule has 28 heavy (non-hydrogen) atoms. The van der Waals surface area contributed by atoms with E-state index < -0.39 is 34.3 Å². The van der Waals surface area contributed by atoms with E-state index in [2.05, 4.69) is 5.32 Å². The van der Waals surface area contributed by atoms with Crippen LogP contribution in [0.5, 0.6) is 5.75 Å². The minimum Gasteiger partial charge on any atom is -0.484 e. The normalized spacial score (nSPS) is 12.1. The zero-order chi connectivity index (χ0) is 21.1. The number of hydrogen-bond acceptors (Lipinski definition) is 4. The maximum absolute atomic E-state index is 12.7. The molecule has 0 bridgehead atoms. The minimum atomic E-state index is -4.52. The smallest absolute Gasteiger partial charge is 0.416 e. The van der Waals surface area contributed by atoms with E-state index in [1.54, 1.807) is 13.0 Å². The molecular weight excluding hydrogens is 397 g/mol.